The maximum absolute atomic E-state index is 13.0. The Kier molecular flexibility index (Phi) is 3.46. The number of hydrogen-bond acceptors (Lipinski definition) is 3. The van der Waals surface area contributed by atoms with Crippen molar-refractivity contribution in [2.75, 3.05) is 7.05 Å². The van der Waals surface area contributed by atoms with Crippen molar-refractivity contribution in [3.8, 4) is 5.75 Å². The highest BCUT2D eigenvalue weighted by atomic mass is 35.5. The number of fused-ring (bicyclic) bond motifs is 9. The lowest BCUT2D eigenvalue weighted by molar-refractivity contribution is -0.0505. The molecule has 1 amide bonds. The third-order valence-electron chi connectivity index (χ3n) is 5.44. The van der Waals surface area contributed by atoms with Crippen molar-refractivity contribution in [2.45, 2.75) is 25.0 Å². The van der Waals surface area contributed by atoms with Crippen LogP contribution >= 0.6 is 11.6 Å². The molecule has 0 saturated carbocycles. The molecule has 2 unspecified atom stereocenters. The molecule has 3 aromatic rings. The fourth-order valence-corrected chi connectivity index (χ4v) is 4.50. The summed E-state index contributed by atoms with van der Waals surface area (Å²) in [6.07, 6.45) is 2.33. The minimum Gasteiger partial charge on any atom is -0.434 e. The van der Waals surface area contributed by atoms with E-state index in [2.05, 4.69) is 5.10 Å². The van der Waals surface area contributed by atoms with E-state index in [9.17, 15) is 13.6 Å². The largest absolute Gasteiger partial charge is 0.434 e. The van der Waals surface area contributed by atoms with Gasteiger partial charge in [-0.15, -0.1) is 0 Å². The van der Waals surface area contributed by atoms with Crippen molar-refractivity contribution >= 4 is 23.0 Å². The van der Waals surface area contributed by atoms with Crippen LogP contribution in [-0.2, 0) is 0 Å². The minimum atomic E-state index is -2.97. The average Bonchev–Trinajstić information content (AvgIpc) is 3.14. The Balaban J connectivity index is 1.82. The van der Waals surface area contributed by atoms with Crippen molar-refractivity contribution < 1.29 is 18.3 Å². The fraction of sp³-hybridized carbons (Fsp3) is 0.263. The summed E-state index contributed by atoms with van der Waals surface area (Å²) in [4.78, 5) is 14.6. The lowest BCUT2D eigenvalue weighted by Gasteiger charge is -2.23. The molecule has 0 N–H and O–H groups in total. The normalized spacial score (nSPS) is 20.8. The summed E-state index contributed by atoms with van der Waals surface area (Å²) in [6, 6.07) is 8.01. The number of nitrogens with zero attached hydrogens (tertiary/aromatic N) is 3. The summed E-state index contributed by atoms with van der Waals surface area (Å²) in [5.74, 6) is -0.470. The second-order valence-corrected chi connectivity index (χ2v) is 7.23. The molecule has 5 nitrogen and oxygen atoms in total. The first-order valence-corrected chi connectivity index (χ1v) is 8.86. The Bertz CT molecular complexity index is 1100. The number of benzene rings is 1. The molecule has 2 bridgehead atoms. The van der Waals surface area contributed by atoms with E-state index >= 15 is 0 Å². The number of alkyl halides is 2. The summed E-state index contributed by atoms with van der Waals surface area (Å²) in [6.45, 7) is -2.97. The van der Waals surface area contributed by atoms with Crippen LogP contribution in [0.2, 0.25) is 5.02 Å². The van der Waals surface area contributed by atoms with Gasteiger partial charge in [0.25, 0.3) is 5.91 Å². The zero-order valence-corrected chi connectivity index (χ0v) is 15.0. The molecule has 0 radical (unpaired) electrons. The van der Waals surface area contributed by atoms with Crippen LogP contribution in [0.1, 0.15) is 45.6 Å². The first kappa shape index (κ1) is 16.5. The first-order chi connectivity index (χ1) is 13.0. The number of hydrogen-bond donors (Lipinski definition) is 0. The Morgan fingerprint density at radius 1 is 1.30 bits per heavy atom. The molecule has 0 saturated heterocycles. The van der Waals surface area contributed by atoms with Crippen molar-refractivity contribution in [2.24, 2.45) is 0 Å². The highest BCUT2D eigenvalue weighted by molar-refractivity contribution is 6.30. The van der Waals surface area contributed by atoms with E-state index < -0.39 is 6.61 Å². The van der Waals surface area contributed by atoms with Crippen LogP contribution in [0.15, 0.2) is 36.5 Å². The van der Waals surface area contributed by atoms with Crippen molar-refractivity contribution in [3.05, 3.63) is 63.9 Å². The summed E-state index contributed by atoms with van der Waals surface area (Å²) in [5, 5.41) is 5.20. The molecule has 2 aromatic heterocycles. The van der Waals surface area contributed by atoms with Crippen LogP contribution in [0, 0.1) is 0 Å². The van der Waals surface area contributed by atoms with Gasteiger partial charge < -0.3 is 9.64 Å². The molecule has 1 aliphatic carbocycles. The number of aromatic nitrogens is 2. The number of ether oxygens (including phenoxy) is 1. The van der Waals surface area contributed by atoms with E-state index in [-0.39, 0.29) is 23.6 Å². The zero-order chi connectivity index (χ0) is 18.9. The van der Waals surface area contributed by atoms with E-state index in [1.165, 1.54) is 6.07 Å². The lowest BCUT2D eigenvalue weighted by atomic mass is 9.89. The SMILES string of the molecule is CN1C(=O)c2cccc(OC(F)F)c2C2CC1c1nn3ccc(Cl)cc3c12. The third kappa shape index (κ3) is 2.27. The van der Waals surface area contributed by atoms with Gasteiger partial charge in [0.2, 0.25) is 0 Å². The highest BCUT2D eigenvalue weighted by Crippen LogP contribution is 2.53. The maximum Gasteiger partial charge on any atom is 0.387 e. The molecule has 0 fully saturated rings. The van der Waals surface area contributed by atoms with Crippen LogP contribution < -0.4 is 4.74 Å². The van der Waals surface area contributed by atoms with Crippen LogP contribution in [0.25, 0.3) is 5.52 Å². The predicted molar refractivity (Wildman–Crippen MR) is 94.6 cm³/mol. The quantitative estimate of drug-likeness (QED) is 0.658. The Morgan fingerprint density at radius 3 is 2.89 bits per heavy atom. The number of carbonyl (C=O) groups excluding carboxylic acids is 1. The molecule has 2 atom stereocenters. The zero-order valence-electron chi connectivity index (χ0n) is 14.2. The molecule has 1 aliphatic heterocycles. The van der Waals surface area contributed by atoms with Gasteiger partial charge in [-0.1, -0.05) is 17.7 Å². The first-order valence-electron chi connectivity index (χ1n) is 8.48. The Labute approximate surface area is 158 Å². The molecule has 3 heterocycles. The van der Waals surface area contributed by atoms with Gasteiger partial charge in [0.15, 0.2) is 0 Å². The Hall–Kier alpha value is -2.67. The fourth-order valence-electron chi connectivity index (χ4n) is 4.34. The van der Waals surface area contributed by atoms with Crippen LogP contribution in [0.4, 0.5) is 8.78 Å². The van der Waals surface area contributed by atoms with Gasteiger partial charge in [0.1, 0.15) is 5.75 Å². The van der Waals surface area contributed by atoms with Crippen molar-refractivity contribution in [3.63, 3.8) is 0 Å². The molecule has 5 rings (SSSR count). The molecule has 1 aromatic carbocycles. The second-order valence-electron chi connectivity index (χ2n) is 6.79. The lowest BCUT2D eigenvalue weighted by Crippen LogP contribution is -2.30. The van der Waals surface area contributed by atoms with Gasteiger partial charge in [-0.2, -0.15) is 13.9 Å². The number of carbonyl (C=O) groups is 1. The molecule has 138 valence electrons. The maximum atomic E-state index is 13.0. The predicted octanol–water partition coefficient (Wildman–Crippen LogP) is 4.25. The standard InChI is InChI=1S/C19H14ClF2N3O2/c1-24-13-8-11(16-12-7-9(20)5-6-25(12)23-17(13)16)15-10(18(24)26)3-2-4-14(15)27-19(21)22/h2-7,11,13,19H,8H2,1H3. The summed E-state index contributed by atoms with van der Waals surface area (Å²) < 4.78 is 32.5. The van der Waals surface area contributed by atoms with Gasteiger partial charge in [-0.3, -0.25) is 4.79 Å². The molecular formula is C19H14ClF2N3O2. The molecule has 27 heavy (non-hydrogen) atoms. The average molecular weight is 390 g/mol. The molecule has 0 spiro atoms. The van der Waals surface area contributed by atoms with E-state index in [1.807, 2.05) is 6.07 Å². The minimum absolute atomic E-state index is 0.0316. The van der Waals surface area contributed by atoms with Gasteiger partial charge in [0.05, 0.1) is 17.3 Å². The van der Waals surface area contributed by atoms with E-state index in [4.69, 9.17) is 16.3 Å². The van der Waals surface area contributed by atoms with E-state index in [1.54, 1.807) is 40.9 Å². The molecular weight excluding hydrogens is 376 g/mol. The highest BCUT2D eigenvalue weighted by Gasteiger charge is 2.45. The summed E-state index contributed by atoms with van der Waals surface area (Å²) >= 11 is 6.18. The summed E-state index contributed by atoms with van der Waals surface area (Å²) in [5.41, 5.74) is 3.37. The van der Waals surface area contributed by atoms with Crippen molar-refractivity contribution in [1.82, 2.24) is 14.5 Å². The van der Waals surface area contributed by atoms with Crippen LogP contribution in [-0.4, -0.2) is 34.1 Å². The van der Waals surface area contributed by atoms with Gasteiger partial charge in [-0.25, -0.2) is 4.52 Å². The molecule has 8 heteroatoms. The number of halogens is 3. The van der Waals surface area contributed by atoms with Gasteiger partial charge >= 0.3 is 6.61 Å². The van der Waals surface area contributed by atoms with E-state index in [0.29, 0.717) is 22.6 Å². The second kappa shape index (κ2) is 5.66. The summed E-state index contributed by atoms with van der Waals surface area (Å²) in [7, 11) is 1.71. The monoisotopic (exact) mass is 389 g/mol. The third-order valence-corrected chi connectivity index (χ3v) is 5.67. The topological polar surface area (TPSA) is 46.8 Å². The number of pyridine rings is 1. The van der Waals surface area contributed by atoms with E-state index in [0.717, 1.165) is 16.8 Å². The van der Waals surface area contributed by atoms with Gasteiger partial charge in [-0.05, 0) is 30.7 Å². The smallest absolute Gasteiger partial charge is 0.387 e. The van der Waals surface area contributed by atoms with Crippen LogP contribution in [0.5, 0.6) is 5.75 Å². The molecule has 2 aliphatic rings. The van der Waals surface area contributed by atoms with Crippen molar-refractivity contribution in [1.29, 1.82) is 0 Å². The Morgan fingerprint density at radius 2 is 2.11 bits per heavy atom. The number of amides is 1. The number of rotatable bonds is 2. The van der Waals surface area contributed by atoms with Gasteiger partial charge in [0, 0.05) is 40.9 Å². The van der Waals surface area contributed by atoms with Crippen LogP contribution in [0.3, 0.4) is 0 Å².